The fraction of sp³-hybridized carbons (Fsp3) is 0.400. The van der Waals surface area contributed by atoms with Crippen LogP contribution in [0.1, 0.15) is 5.56 Å². The van der Waals surface area contributed by atoms with Crippen molar-refractivity contribution in [2.24, 2.45) is 0 Å². The molecule has 1 aliphatic rings. The van der Waals surface area contributed by atoms with Crippen LogP contribution in [-0.4, -0.2) is 52.5 Å². The summed E-state index contributed by atoms with van der Waals surface area (Å²) in [5, 5.41) is 10.1. The minimum absolute atomic E-state index is 0.0219. The number of ether oxygens (including phenoxy) is 3. The van der Waals surface area contributed by atoms with Gasteiger partial charge in [-0.25, -0.2) is 4.79 Å². The maximum atomic E-state index is 12.1. The Balaban J connectivity index is 2.08. The molecule has 0 radical (unpaired) electrons. The van der Waals surface area contributed by atoms with Crippen molar-refractivity contribution in [3.8, 4) is 0 Å². The van der Waals surface area contributed by atoms with Gasteiger partial charge in [0.1, 0.15) is 6.10 Å². The molecule has 0 spiro atoms. The van der Waals surface area contributed by atoms with E-state index >= 15 is 0 Å². The molecule has 9 heteroatoms. The Bertz CT molecular complexity index is 735. The van der Waals surface area contributed by atoms with Crippen LogP contribution in [0.2, 0.25) is 0 Å². The van der Waals surface area contributed by atoms with Crippen LogP contribution in [-0.2, 0) is 33.3 Å². The van der Waals surface area contributed by atoms with Crippen LogP contribution < -0.4 is 0 Å². The second-order valence-electron chi connectivity index (χ2n) is 5.05. The summed E-state index contributed by atoms with van der Waals surface area (Å²) in [5.41, 5.74) is 0.897. The van der Waals surface area contributed by atoms with E-state index in [0.29, 0.717) is 0 Å². The van der Waals surface area contributed by atoms with E-state index in [4.69, 9.17) is 18.4 Å². The summed E-state index contributed by atoms with van der Waals surface area (Å²) >= 11 is 0. The summed E-state index contributed by atoms with van der Waals surface area (Å²) in [6.45, 7) is 1.21. The van der Waals surface area contributed by atoms with Crippen LogP contribution in [0.25, 0.3) is 0 Å². The van der Waals surface area contributed by atoms with Crippen molar-refractivity contribution < 1.29 is 36.7 Å². The maximum Gasteiger partial charge on any atom is 0.378 e. The van der Waals surface area contributed by atoms with Crippen molar-refractivity contribution in [1.82, 2.24) is 0 Å². The van der Waals surface area contributed by atoms with Gasteiger partial charge < -0.3 is 19.3 Å². The minimum atomic E-state index is -4.05. The van der Waals surface area contributed by atoms with E-state index in [2.05, 4.69) is 0 Å². The van der Waals surface area contributed by atoms with Gasteiger partial charge in [-0.2, -0.15) is 8.42 Å². The molecule has 0 amide bonds. The largest absolute Gasteiger partial charge is 0.493 e. The fourth-order valence-corrected chi connectivity index (χ4v) is 3.04. The third kappa shape index (κ3) is 3.69. The molecule has 2 atom stereocenters. The van der Waals surface area contributed by atoms with Gasteiger partial charge in [0.25, 0.3) is 10.1 Å². The Morgan fingerprint density at radius 2 is 1.83 bits per heavy atom. The quantitative estimate of drug-likeness (QED) is 0.554. The average molecular weight is 358 g/mol. The average Bonchev–Trinajstić information content (AvgIpc) is 2.88. The lowest BCUT2D eigenvalue weighted by Gasteiger charge is -2.18. The van der Waals surface area contributed by atoms with E-state index < -0.39 is 34.9 Å². The van der Waals surface area contributed by atoms with E-state index in [1.807, 2.05) is 6.92 Å². The lowest BCUT2D eigenvalue weighted by molar-refractivity contribution is -0.147. The highest BCUT2D eigenvalue weighted by molar-refractivity contribution is 7.86. The second-order valence-corrected chi connectivity index (χ2v) is 6.66. The second kappa shape index (κ2) is 7.20. The van der Waals surface area contributed by atoms with Gasteiger partial charge in [0, 0.05) is 0 Å². The number of hydrogen-bond acceptors (Lipinski definition) is 8. The van der Waals surface area contributed by atoms with E-state index in [1.54, 1.807) is 12.1 Å². The Hall–Kier alpha value is -2.10. The van der Waals surface area contributed by atoms with Crippen LogP contribution in [0.3, 0.4) is 0 Å². The van der Waals surface area contributed by atoms with Crippen molar-refractivity contribution >= 4 is 16.1 Å². The first-order chi connectivity index (χ1) is 11.3. The molecule has 2 rings (SSSR count). The van der Waals surface area contributed by atoms with Crippen molar-refractivity contribution in [2.75, 3.05) is 20.8 Å². The smallest absolute Gasteiger partial charge is 0.378 e. The van der Waals surface area contributed by atoms with Crippen molar-refractivity contribution in [3.05, 3.63) is 41.3 Å². The van der Waals surface area contributed by atoms with Gasteiger partial charge >= 0.3 is 5.97 Å². The molecular formula is C15H18O8S. The molecule has 1 aromatic rings. The summed E-state index contributed by atoms with van der Waals surface area (Å²) < 4.78 is 43.8. The highest BCUT2D eigenvalue weighted by Gasteiger charge is 2.41. The Kier molecular flexibility index (Phi) is 5.47. The van der Waals surface area contributed by atoms with Gasteiger partial charge in [0.2, 0.25) is 5.76 Å². The summed E-state index contributed by atoms with van der Waals surface area (Å²) in [5.74, 6) is -1.01. The number of aliphatic hydroxyl groups excluding tert-OH is 1. The first-order valence-electron chi connectivity index (χ1n) is 6.97. The van der Waals surface area contributed by atoms with Gasteiger partial charge in [0.15, 0.2) is 11.9 Å². The van der Waals surface area contributed by atoms with Crippen LogP contribution in [0.5, 0.6) is 0 Å². The lowest BCUT2D eigenvalue weighted by Crippen LogP contribution is -2.34. The minimum Gasteiger partial charge on any atom is -0.493 e. The number of methoxy groups -OCH3 is 2. The molecule has 1 N–H and O–H groups in total. The van der Waals surface area contributed by atoms with E-state index in [-0.39, 0.29) is 16.4 Å². The number of rotatable bonds is 7. The SMILES string of the molecule is COC1=C(OC)C(C(O)COS(=O)(=O)c2ccc(C)cc2)OC1=O. The standard InChI is InChI=1S/C15H18O8S/c1-9-4-6-10(7-5-9)24(18,19)22-8-11(16)12-13(20-2)14(21-3)15(17)23-12/h4-7,11-12,16H,8H2,1-3H3. The third-order valence-electron chi connectivity index (χ3n) is 3.38. The molecular weight excluding hydrogens is 340 g/mol. The molecule has 1 heterocycles. The number of esters is 1. The molecule has 0 saturated carbocycles. The highest BCUT2D eigenvalue weighted by atomic mass is 32.2. The van der Waals surface area contributed by atoms with Crippen LogP contribution in [0.4, 0.5) is 0 Å². The lowest BCUT2D eigenvalue weighted by atomic mass is 10.2. The summed E-state index contributed by atoms with van der Waals surface area (Å²) in [4.78, 5) is 11.6. The van der Waals surface area contributed by atoms with Crippen LogP contribution in [0, 0.1) is 6.92 Å². The number of hydrogen-bond donors (Lipinski definition) is 1. The molecule has 132 valence electrons. The molecule has 0 bridgehead atoms. The number of benzene rings is 1. The number of aliphatic hydroxyl groups is 1. The van der Waals surface area contributed by atoms with Crippen molar-refractivity contribution in [3.63, 3.8) is 0 Å². The Morgan fingerprint density at radius 1 is 1.21 bits per heavy atom. The van der Waals surface area contributed by atoms with Gasteiger partial charge in [-0.1, -0.05) is 17.7 Å². The fourth-order valence-electron chi connectivity index (χ4n) is 2.12. The third-order valence-corrected chi connectivity index (χ3v) is 4.67. The van der Waals surface area contributed by atoms with E-state index in [1.165, 1.54) is 26.4 Å². The van der Waals surface area contributed by atoms with E-state index in [0.717, 1.165) is 5.56 Å². The summed E-state index contributed by atoms with van der Waals surface area (Å²) in [6, 6.07) is 6.05. The van der Waals surface area contributed by atoms with Gasteiger partial charge in [-0.15, -0.1) is 0 Å². The van der Waals surface area contributed by atoms with E-state index in [9.17, 15) is 18.3 Å². The zero-order valence-corrected chi connectivity index (χ0v) is 14.2. The molecule has 0 aromatic heterocycles. The summed E-state index contributed by atoms with van der Waals surface area (Å²) in [6.07, 6.45) is -2.65. The predicted molar refractivity (Wildman–Crippen MR) is 81.2 cm³/mol. The molecule has 24 heavy (non-hydrogen) atoms. The first kappa shape index (κ1) is 18.2. The topological polar surface area (TPSA) is 108 Å². The van der Waals surface area contributed by atoms with Crippen LogP contribution in [0.15, 0.2) is 40.7 Å². The molecule has 1 aromatic carbocycles. The Labute approximate surface area is 139 Å². The predicted octanol–water partition coefficient (Wildman–Crippen LogP) is 0.491. The molecule has 2 unspecified atom stereocenters. The van der Waals surface area contributed by atoms with Crippen molar-refractivity contribution in [2.45, 2.75) is 24.0 Å². The normalized spacial score (nSPS) is 19.2. The zero-order chi connectivity index (χ0) is 17.9. The number of carbonyl (C=O) groups is 1. The first-order valence-corrected chi connectivity index (χ1v) is 8.38. The maximum absolute atomic E-state index is 12.1. The van der Waals surface area contributed by atoms with Gasteiger partial charge in [0.05, 0.1) is 25.7 Å². The monoisotopic (exact) mass is 358 g/mol. The van der Waals surface area contributed by atoms with Crippen molar-refractivity contribution in [1.29, 1.82) is 0 Å². The molecule has 8 nitrogen and oxygen atoms in total. The number of aryl methyl sites for hydroxylation is 1. The Morgan fingerprint density at radius 3 is 2.38 bits per heavy atom. The molecule has 1 aliphatic heterocycles. The number of cyclic esters (lactones) is 1. The molecule has 0 saturated heterocycles. The molecule has 0 fully saturated rings. The van der Waals surface area contributed by atoms with Gasteiger partial charge in [-0.3, -0.25) is 4.18 Å². The van der Waals surface area contributed by atoms with Gasteiger partial charge in [-0.05, 0) is 19.1 Å². The molecule has 0 aliphatic carbocycles. The highest BCUT2D eigenvalue weighted by Crippen LogP contribution is 2.26. The van der Waals surface area contributed by atoms with Crippen LogP contribution >= 0.6 is 0 Å². The number of carbonyl (C=O) groups excluding carboxylic acids is 1. The zero-order valence-electron chi connectivity index (χ0n) is 13.4. The summed E-state index contributed by atoms with van der Waals surface area (Å²) in [7, 11) is -1.52.